The van der Waals surface area contributed by atoms with Gasteiger partial charge in [0.2, 0.25) is 12.0 Å². The monoisotopic (exact) mass is 329 g/mol. The second-order valence-corrected chi connectivity index (χ2v) is 4.67. The number of urea groups is 1. The van der Waals surface area contributed by atoms with Crippen molar-refractivity contribution in [1.82, 2.24) is 10.3 Å². The average molecular weight is 330 g/mol. The van der Waals surface area contributed by atoms with Gasteiger partial charge in [0.15, 0.2) is 0 Å². The van der Waals surface area contributed by atoms with Crippen molar-refractivity contribution in [2.45, 2.75) is 30.3 Å². The van der Waals surface area contributed by atoms with E-state index in [-0.39, 0.29) is 12.4 Å². The van der Waals surface area contributed by atoms with Gasteiger partial charge in [-0.05, 0) is 0 Å². The summed E-state index contributed by atoms with van der Waals surface area (Å²) in [6.45, 7) is -1.03. The predicted octanol–water partition coefficient (Wildman–Crippen LogP) is -2.96. The summed E-state index contributed by atoms with van der Waals surface area (Å²) in [5, 5.41) is 52.4. The molecule has 0 bridgehead atoms. The number of carbonyl (C=O) groups is 1. The van der Waals surface area contributed by atoms with Crippen LogP contribution >= 0.6 is 11.6 Å². The number of halogens is 1. The van der Waals surface area contributed by atoms with Gasteiger partial charge < -0.3 is 35.6 Å². The standard InChI is InChI=1S/C9H16ClN3O8/c10-1-2-13(12-20)8(18)11-9(19)6(16)5(15)4(3-14)21-7(9)17/h4-7,14-17,19H,1-3H2,(H,11,18)/t4-,5-,6+,7-,9-/m1/s1. The van der Waals surface area contributed by atoms with E-state index >= 15 is 0 Å². The fourth-order valence-electron chi connectivity index (χ4n) is 1.74. The topological polar surface area (TPSA) is 172 Å². The summed E-state index contributed by atoms with van der Waals surface area (Å²) in [5.41, 5.74) is -2.81. The zero-order valence-electron chi connectivity index (χ0n) is 10.7. The molecule has 1 heterocycles. The Labute approximate surface area is 123 Å². The smallest absolute Gasteiger partial charge is 0.342 e. The van der Waals surface area contributed by atoms with Crippen LogP contribution in [0.2, 0.25) is 0 Å². The summed E-state index contributed by atoms with van der Waals surface area (Å²) in [6.07, 6.45) is -7.42. The summed E-state index contributed by atoms with van der Waals surface area (Å²) < 4.78 is 4.69. The van der Waals surface area contributed by atoms with Gasteiger partial charge in [0.25, 0.3) is 0 Å². The lowest BCUT2D eigenvalue weighted by Gasteiger charge is -2.45. The Morgan fingerprint density at radius 3 is 2.52 bits per heavy atom. The molecule has 0 saturated carbocycles. The van der Waals surface area contributed by atoms with Crippen LogP contribution in [-0.2, 0) is 4.74 Å². The van der Waals surface area contributed by atoms with E-state index in [9.17, 15) is 30.1 Å². The number of amides is 2. The normalized spacial score (nSPS) is 36.1. The van der Waals surface area contributed by atoms with E-state index < -0.39 is 43.0 Å². The number of alkyl halides is 1. The molecule has 0 spiro atoms. The molecule has 2 amide bonds. The molecule has 6 N–H and O–H groups in total. The molecule has 11 nitrogen and oxygen atoms in total. The minimum Gasteiger partial charge on any atom is -0.394 e. The van der Waals surface area contributed by atoms with Crippen molar-refractivity contribution in [2.24, 2.45) is 5.29 Å². The molecular formula is C9H16ClN3O8. The first-order chi connectivity index (χ1) is 9.81. The lowest BCUT2D eigenvalue weighted by atomic mass is 9.93. The first-order valence-electron chi connectivity index (χ1n) is 5.83. The summed E-state index contributed by atoms with van der Waals surface area (Å²) in [6, 6.07) is -1.27. The molecule has 0 unspecified atom stereocenters. The second-order valence-electron chi connectivity index (χ2n) is 4.29. The van der Waals surface area contributed by atoms with Gasteiger partial charge in [0, 0.05) is 5.88 Å². The quantitative estimate of drug-likeness (QED) is 0.134. The van der Waals surface area contributed by atoms with Gasteiger partial charge in [-0.2, -0.15) is 5.01 Å². The number of nitrogens with zero attached hydrogens (tertiary/aromatic N) is 2. The molecule has 1 rings (SSSR count). The molecule has 0 aliphatic carbocycles. The van der Waals surface area contributed by atoms with Crippen molar-refractivity contribution in [3.05, 3.63) is 4.91 Å². The lowest BCUT2D eigenvalue weighted by molar-refractivity contribution is -0.335. The zero-order valence-corrected chi connectivity index (χ0v) is 11.4. The van der Waals surface area contributed by atoms with E-state index in [4.69, 9.17) is 16.7 Å². The number of aliphatic hydroxyl groups is 5. The van der Waals surface area contributed by atoms with Crippen molar-refractivity contribution >= 4 is 17.6 Å². The van der Waals surface area contributed by atoms with Crippen LogP contribution in [-0.4, -0.2) is 85.9 Å². The molecule has 12 heteroatoms. The summed E-state index contributed by atoms with van der Waals surface area (Å²) in [5.74, 6) is -0.131. The maximum atomic E-state index is 11.7. The van der Waals surface area contributed by atoms with Crippen LogP contribution in [0.25, 0.3) is 0 Å². The third-order valence-corrected chi connectivity index (χ3v) is 3.12. The molecule has 5 atom stereocenters. The van der Waals surface area contributed by atoms with Gasteiger partial charge in [-0.3, -0.25) is 0 Å². The van der Waals surface area contributed by atoms with Crippen LogP contribution in [0.5, 0.6) is 0 Å². The van der Waals surface area contributed by atoms with Gasteiger partial charge in [-0.25, -0.2) is 4.79 Å². The highest BCUT2D eigenvalue weighted by molar-refractivity contribution is 6.18. The molecule has 1 aliphatic heterocycles. The molecule has 1 saturated heterocycles. The second kappa shape index (κ2) is 7.26. The van der Waals surface area contributed by atoms with E-state index in [1.807, 2.05) is 0 Å². The van der Waals surface area contributed by atoms with Crippen molar-refractivity contribution in [3.63, 3.8) is 0 Å². The number of hydrogen-bond acceptors (Lipinski definition) is 9. The van der Waals surface area contributed by atoms with E-state index in [1.54, 1.807) is 5.32 Å². The van der Waals surface area contributed by atoms with E-state index in [2.05, 4.69) is 10.0 Å². The van der Waals surface area contributed by atoms with Crippen LogP contribution in [0.1, 0.15) is 0 Å². The van der Waals surface area contributed by atoms with Gasteiger partial charge in [-0.15, -0.1) is 16.5 Å². The summed E-state index contributed by atoms with van der Waals surface area (Å²) in [4.78, 5) is 22.1. The largest absolute Gasteiger partial charge is 0.394 e. The maximum Gasteiger partial charge on any atom is 0.342 e. The van der Waals surface area contributed by atoms with Crippen molar-refractivity contribution in [1.29, 1.82) is 0 Å². The molecule has 21 heavy (non-hydrogen) atoms. The highest BCUT2D eigenvalue weighted by Crippen LogP contribution is 2.27. The maximum absolute atomic E-state index is 11.7. The van der Waals surface area contributed by atoms with Gasteiger partial charge >= 0.3 is 6.03 Å². The highest BCUT2D eigenvalue weighted by Gasteiger charge is 2.55. The van der Waals surface area contributed by atoms with Gasteiger partial charge in [0.05, 0.1) is 18.4 Å². The zero-order chi connectivity index (χ0) is 16.2. The number of ether oxygens (including phenoxy) is 1. The predicted molar refractivity (Wildman–Crippen MR) is 66.7 cm³/mol. The number of carbonyl (C=O) groups excluding carboxylic acids is 1. The molecular weight excluding hydrogens is 314 g/mol. The Balaban J connectivity index is 2.88. The number of nitrogens with one attached hydrogen (secondary N) is 1. The summed E-state index contributed by atoms with van der Waals surface area (Å²) >= 11 is 5.34. The van der Waals surface area contributed by atoms with Gasteiger partial charge in [0.1, 0.15) is 18.3 Å². The number of nitroso groups, excluding NO2 is 1. The minimum atomic E-state index is -2.81. The van der Waals surface area contributed by atoms with E-state index in [1.165, 1.54) is 0 Å². The third-order valence-electron chi connectivity index (χ3n) is 2.95. The fraction of sp³-hybridized carbons (Fsp3) is 0.889. The Kier molecular flexibility index (Phi) is 6.22. The Morgan fingerprint density at radius 2 is 2.05 bits per heavy atom. The SMILES string of the molecule is O=NN(CCCl)C(=O)N[C@]1(O)[C@H](O)O[C@H](CO)[C@@H](O)[C@@H]1O. The van der Waals surface area contributed by atoms with Crippen molar-refractivity contribution < 1.29 is 35.1 Å². The van der Waals surface area contributed by atoms with Crippen LogP contribution in [0.3, 0.4) is 0 Å². The molecule has 1 fully saturated rings. The lowest BCUT2D eigenvalue weighted by Crippen LogP contribution is -2.74. The Morgan fingerprint density at radius 1 is 1.43 bits per heavy atom. The number of rotatable bonds is 5. The molecule has 0 radical (unpaired) electrons. The van der Waals surface area contributed by atoms with Crippen LogP contribution in [0.4, 0.5) is 4.79 Å². The molecule has 1 aliphatic rings. The molecule has 0 aromatic carbocycles. The van der Waals surface area contributed by atoms with E-state index in [0.29, 0.717) is 5.01 Å². The van der Waals surface area contributed by atoms with E-state index in [0.717, 1.165) is 0 Å². The summed E-state index contributed by atoms with van der Waals surface area (Å²) in [7, 11) is 0. The molecule has 122 valence electrons. The highest BCUT2D eigenvalue weighted by atomic mass is 35.5. The first-order valence-corrected chi connectivity index (χ1v) is 6.37. The molecule has 0 aromatic rings. The fourth-order valence-corrected chi connectivity index (χ4v) is 1.90. The Bertz CT molecular complexity index is 388. The van der Waals surface area contributed by atoms with Gasteiger partial charge in [-0.1, -0.05) is 0 Å². The van der Waals surface area contributed by atoms with Crippen molar-refractivity contribution in [2.75, 3.05) is 19.0 Å². The van der Waals surface area contributed by atoms with Crippen LogP contribution < -0.4 is 5.32 Å². The van der Waals surface area contributed by atoms with Crippen LogP contribution in [0, 0.1) is 4.91 Å². The Hall–Kier alpha value is -1.08. The molecule has 0 aromatic heterocycles. The first kappa shape index (κ1) is 18.0. The number of hydrogen-bond donors (Lipinski definition) is 6. The van der Waals surface area contributed by atoms with Crippen molar-refractivity contribution in [3.8, 4) is 0 Å². The third kappa shape index (κ3) is 3.58. The minimum absolute atomic E-state index is 0.131. The average Bonchev–Trinajstić information content (AvgIpc) is 2.46. The van der Waals surface area contributed by atoms with Crippen LogP contribution in [0.15, 0.2) is 5.29 Å². The number of aliphatic hydroxyl groups excluding tert-OH is 4.